The van der Waals surface area contributed by atoms with Crippen molar-refractivity contribution in [3.63, 3.8) is 0 Å². The molecule has 0 unspecified atom stereocenters. The fraction of sp³-hybridized carbons (Fsp3) is 0.294. The first-order chi connectivity index (χ1) is 11.3. The number of hydrogen-bond acceptors (Lipinski definition) is 5. The van der Waals surface area contributed by atoms with Crippen LogP contribution < -0.4 is 5.32 Å². The highest BCUT2D eigenvalue weighted by Gasteiger charge is 2.13. The SMILES string of the molecule is Cc1nc2ccccn2c1-c1cncc(N=C2CCCNC2)n1. The summed E-state index contributed by atoms with van der Waals surface area (Å²) in [4.78, 5) is 18.2. The second-order valence-corrected chi connectivity index (χ2v) is 5.70. The van der Waals surface area contributed by atoms with E-state index in [0.717, 1.165) is 54.4 Å². The van der Waals surface area contributed by atoms with Crippen LogP contribution in [0.15, 0.2) is 41.8 Å². The average molecular weight is 306 g/mol. The van der Waals surface area contributed by atoms with E-state index < -0.39 is 0 Å². The zero-order valence-electron chi connectivity index (χ0n) is 13.0. The first kappa shape index (κ1) is 14.0. The molecule has 4 heterocycles. The number of aryl methyl sites for hydroxylation is 1. The van der Waals surface area contributed by atoms with Crippen molar-refractivity contribution >= 4 is 17.2 Å². The zero-order chi connectivity index (χ0) is 15.6. The maximum absolute atomic E-state index is 4.68. The summed E-state index contributed by atoms with van der Waals surface area (Å²) in [5, 5.41) is 3.34. The number of pyridine rings is 1. The third-order valence-electron chi connectivity index (χ3n) is 3.99. The molecule has 0 radical (unpaired) electrons. The highest BCUT2D eigenvalue weighted by molar-refractivity contribution is 5.89. The van der Waals surface area contributed by atoms with Gasteiger partial charge in [-0.3, -0.25) is 9.38 Å². The highest BCUT2D eigenvalue weighted by Crippen LogP contribution is 2.24. The second-order valence-electron chi connectivity index (χ2n) is 5.70. The molecule has 3 aromatic heterocycles. The molecule has 1 N–H and O–H groups in total. The summed E-state index contributed by atoms with van der Waals surface area (Å²) in [5.74, 6) is 0.659. The fourth-order valence-electron chi connectivity index (χ4n) is 2.94. The maximum Gasteiger partial charge on any atom is 0.171 e. The molecular formula is C17H18N6. The van der Waals surface area contributed by atoms with Gasteiger partial charge in [0.1, 0.15) is 11.3 Å². The quantitative estimate of drug-likeness (QED) is 0.790. The van der Waals surface area contributed by atoms with E-state index in [0.29, 0.717) is 5.82 Å². The minimum atomic E-state index is 0.659. The average Bonchev–Trinajstić information content (AvgIpc) is 2.92. The van der Waals surface area contributed by atoms with E-state index in [1.807, 2.05) is 35.7 Å². The van der Waals surface area contributed by atoms with Crippen molar-refractivity contribution in [2.24, 2.45) is 4.99 Å². The lowest BCUT2D eigenvalue weighted by atomic mass is 10.1. The molecule has 0 bridgehead atoms. The molecule has 3 aromatic rings. The number of nitrogens with one attached hydrogen (secondary N) is 1. The highest BCUT2D eigenvalue weighted by atomic mass is 15.0. The van der Waals surface area contributed by atoms with Crippen LogP contribution in [0.1, 0.15) is 18.5 Å². The molecule has 1 saturated heterocycles. The lowest BCUT2D eigenvalue weighted by Gasteiger charge is -2.13. The molecule has 1 fully saturated rings. The first-order valence-corrected chi connectivity index (χ1v) is 7.84. The molecule has 1 aliphatic rings. The summed E-state index contributed by atoms with van der Waals surface area (Å²) < 4.78 is 2.04. The number of imidazole rings is 1. The van der Waals surface area contributed by atoms with Gasteiger partial charge in [0.15, 0.2) is 5.82 Å². The number of rotatable bonds is 2. The normalized spacial score (nSPS) is 17.0. The minimum Gasteiger partial charge on any atom is -0.311 e. The van der Waals surface area contributed by atoms with Gasteiger partial charge in [0.25, 0.3) is 0 Å². The molecule has 6 nitrogen and oxygen atoms in total. The lowest BCUT2D eigenvalue weighted by Crippen LogP contribution is -2.29. The second kappa shape index (κ2) is 5.89. The Morgan fingerprint density at radius 3 is 3.04 bits per heavy atom. The lowest BCUT2D eigenvalue weighted by molar-refractivity contribution is 0.673. The van der Waals surface area contributed by atoms with Crippen LogP contribution in [0, 0.1) is 6.92 Å². The standard InChI is InChI=1S/C17H18N6/c1-12-17(23-8-3-2-6-16(23)20-12)14-10-19-11-15(22-14)21-13-5-4-7-18-9-13/h2-3,6,8,10-11,18H,4-5,7,9H2,1H3. The number of piperidine rings is 1. The van der Waals surface area contributed by atoms with Crippen molar-refractivity contribution < 1.29 is 0 Å². The van der Waals surface area contributed by atoms with Crippen LogP contribution in [0.2, 0.25) is 0 Å². The minimum absolute atomic E-state index is 0.659. The van der Waals surface area contributed by atoms with E-state index >= 15 is 0 Å². The third kappa shape index (κ3) is 2.73. The number of aliphatic imine (C=N–C) groups is 1. The Hall–Kier alpha value is -2.60. The smallest absolute Gasteiger partial charge is 0.171 e. The Kier molecular flexibility index (Phi) is 3.59. The van der Waals surface area contributed by atoms with E-state index in [1.54, 1.807) is 12.4 Å². The van der Waals surface area contributed by atoms with E-state index in [4.69, 9.17) is 0 Å². The Bertz CT molecular complexity index is 872. The number of aromatic nitrogens is 4. The van der Waals surface area contributed by atoms with Crippen molar-refractivity contribution in [1.82, 2.24) is 24.7 Å². The summed E-state index contributed by atoms with van der Waals surface area (Å²) in [5.41, 5.74) is 4.76. The zero-order valence-corrected chi connectivity index (χ0v) is 13.0. The fourth-order valence-corrected chi connectivity index (χ4v) is 2.94. The van der Waals surface area contributed by atoms with Crippen LogP contribution in [-0.2, 0) is 0 Å². The van der Waals surface area contributed by atoms with Crippen LogP contribution in [0.5, 0.6) is 0 Å². The molecule has 0 amide bonds. The molecule has 23 heavy (non-hydrogen) atoms. The number of hydrogen-bond donors (Lipinski definition) is 1. The monoisotopic (exact) mass is 306 g/mol. The molecule has 0 aliphatic carbocycles. The van der Waals surface area contributed by atoms with Crippen molar-refractivity contribution in [3.05, 3.63) is 42.5 Å². The molecule has 0 aromatic carbocycles. The molecule has 1 aliphatic heterocycles. The van der Waals surface area contributed by atoms with Crippen molar-refractivity contribution in [3.8, 4) is 11.4 Å². The largest absolute Gasteiger partial charge is 0.311 e. The number of nitrogens with zero attached hydrogens (tertiary/aromatic N) is 5. The van der Waals surface area contributed by atoms with Crippen LogP contribution in [0.3, 0.4) is 0 Å². The van der Waals surface area contributed by atoms with Gasteiger partial charge in [-0.05, 0) is 38.4 Å². The van der Waals surface area contributed by atoms with Gasteiger partial charge in [0.05, 0.1) is 23.8 Å². The van der Waals surface area contributed by atoms with Crippen LogP contribution in [-0.4, -0.2) is 38.2 Å². The van der Waals surface area contributed by atoms with Gasteiger partial charge in [-0.25, -0.2) is 15.0 Å². The summed E-state index contributed by atoms with van der Waals surface area (Å²) in [6, 6.07) is 5.96. The van der Waals surface area contributed by atoms with Gasteiger partial charge in [0, 0.05) is 18.5 Å². The molecule has 4 rings (SSSR count). The van der Waals surface area contributed by atoms with Gasteiger partial charge >= 0.3 is 0 Å². The van der Waals surface area contributed by atoms with Gasteiger partial charge in [0.2, 0.25) is 0 Å². The Balaban J connectivity index is 1.77. The van der Waals surface area contributed by atoms with Gasteiger partial charge in [-0.1, -0.05) is 6.07 Å². The molecule has 0 saturated carbocycles. The molecule has 116 valence electrons. The molecule has 6 heteroatoms. The van der Waals surface area contributed by atoms with Crippen LogP contribution in [0.4, 0.5) is 5.82 Å². The van der Waals surface area contributed by atoms with Gasteiger partial charge in [-0.2, -0.15) is 0 Å². The van der Waals surface area contributed by atoms with Crippen molar-refractivity contribution in [2.45, 2.75) is 19.8 Å². The number of fused-ring (bicyclic) bond motifs is 1. The summed E-state index contributed by atoms with van der Waals surface area (Å²) in [6.07, 6.45) is 7.62. The Morgan fingerprint density at radius 1 is 1.22 bits per heavy atom. The first-order valence-electron chi connectivity index (χ1n) is 7.84. The van der Waals surface area contributed by atoms with Crippen LogP contribution in [0.25, 0.3) is 17.0 Å². The van der Waals surface area contributed by atoms with Gasteiger partial charge < -0.3 is 5.32 Å². The molecular weight excluding hydrogens is 288 g/mol. The maximum atomic E-state index is 4.68. The summed E-state index contributed by atoms with van der Waals surface area (Å²) in [7, 11) is 0. The van der Waals surface area contributed by atoms with E-state index in [1.165, 1.54) is 0 Å². The topological polar surface area (TPSA) is 67.5 Å². The summed E-state index contributed by atoms with van der Waals surface area (Å²) in [6.45, 7) is 3.89. The van der Waals surface area contributed by atoms with E-state index in [-0.39, 0.29) is 0 Å². The Morgan fingerprint density at radius 2 is 2.17 bits per heavy atom. The molecule has 0 spiro atoms. The Labute approximate surface area is 134 Å². The van der Waals surface area contributed by atoms with Gasteiger partial charge in [-0.15, -0.1) is 0 Å². The summed E-state index contributed by atoms with van der Waals surface area (Å²) >= 11 is 0. The van der Waals surface area contributed by atoms with Crippen LogP contribution >= 0.6 is 0 Å². The molecule has 0 atom stereocenters. The predicted molar refractivity (Wildman–Crippen MR) is 90.2 cm³/mol. The van der Waals surface area contributed by atoms with Crippen molar-refractivity contribution in [1.29, 1.82) is 0 Å². The van der Waals surface area contributed by atoms with Crippen molar-refractivity contribution in [2.75, 3.05) is 13.1 Å². The third-order valence-corrected chi connectivity index (χ3v) is 3.99. The predicted octanol–water partition coefficient (Wildman–Crippen LogP) is 2.56. The van der Waals surface area contributed by atoms with E-state index in [2.05, 4.69) is 25.3 Å². The van der Waals surface area contributed by atoms with E-state index in [9.17, 15) is 0 Å².